The average molecular weight is 218 g/mol. The third-order valence-corrected chi connectivity index (χ3v) is 2.93. The van der Waals surface area contributed by atoms with Crippen LogP contribution >= 0.6 is 0 Å². The monoisotopic (exact) mass is 218 g/mol. The lowest BCUT2D eigenvalue weighted by Gasteiger charge is -2.08. The quantitative estimate of drug-likeness (QED) is 0.437. The molecule has 0 spiro atoms. The molecule has 0 bridgehead atoms. The average Bonchev–Trinajstić information content (AvgIpc) is 3.08. The van der Waals surface area contributed by atoms with Crippen LogP contribution < -0.4 is 5.73 Å². The Morgan fingerprint density at radius 2 is 2.12 bits per heavy atom. The van der Waals surface area contributed by atoms with Gasteiger partial charge in [0.15, 0.2) is 0 Å². The van der Waals surface area contributed by atoms with E-state index in [1.165, 1.54) is 19.3 Å². The van der Waals surface area contributed by atoms with Crippen molar-refractivity contribution >= 4 is 5.84 Å². The van der Waals surface area contributed by atoms with Crippen molar-refractivity contribution in [3.63, 3.8) is 0 Å². The highest BCUT2D eigenvalue weighted by Crippen LogP contribution is 2.32. The van der Waals surface area contributed by atoms with Crippen LogP contribution in [0.5, 0.6) is 0 Å². The molecule has 86 valence electrons. The van der Waals surface area contributed by atoms with Crippen LogP contribution in [0.3, 0.4) is 0 Å². The fourth-order valence-corrected chi connectivity index (χ4v) is 1.75. The van der Waals surface area contributed by atoms with Crippen LogP contribution in [0.2, 0.25) is 0 Å². The Balaban J connectivity index is 1.84. The van der Waals surface area contributed by atoms with Gasteiger partial charge >= 0.3 is 0 Å². The molecule has 1 aromatic carbocycles. The zero-order valence-corrected chi connectivity index (χ0v) is 9.41. The molecule has 0 unspecified atom stereocenters. The van der Waals surface area contributed by atoms with Gasteiger partial charge in [-0.25, -0.2) is 0 Å². The van der Waals surface area contributed by atoms with Crippen LogP contribution in [0.1, 0.15) is 30.4 Å². The highest BCUT2D eigenvalue weighted by Gasteiger charge is 2.20. The number of hydrogen-bond acceptors (Lipinski definition) is 2. The first-order valence-corrected chi connectivity index (χ1v) is 5.77. The zero-order chi connectivity index (χ0) is 11.4. The van der Waals surface area contributed by atoms with E-state index in [9.17, 15) is 0 Å². The standard InChI is InChI=1S/C13H18N2O/c14-13(15)12-4-2-1-3-11(12)9-16-8-7-10-5-6-10/h1-4,10H,5-9H2,(H3,14,15). The molecule has 1 aromatic rings. The number of hydrogen-bond donors (Lipinski definition) is 2. The molecule has 0 radical (unpaired) electrons. The van der Waals surface area contributed by atoms with E-state index in [-0.39, 0.29) is 5.84 Å². The Labute approximate surface area is 96.1 Å². The zero-order valence-electron chi connectivity index (χ0n) is 9.41. The van der Waals surface area contributed by atoms with Crippen molar-refractivity contribution in [2.75, 3.05) is 6.61 Å². The lowest BCUT2D eigenvalue weighted by atomic mass is 10.1. The fourth-order valence-electron chi connectivity index (χ4n) is 1.75. The van der Waals surface area contributed by atoms with E-state index in [4.69, 9.17) is 15.9 Å². The highest BCUT2D eigenvalue weighted by atomic mass is 16.5. The van der Waals surface area contributed by atoms with Crippen LogP contribution in [0, 0.1) is 11.3 Å². The molecule has 2 rings (SSSR count). The first kappa shape index (κ1) is 11.1. The van der Waals surface area contributed by atoms with Gasteiger partial charge in [0, 0.05) is 12.2 Å². The topological polar surface area (TPSA) is 59.1 Å². The van der Waals surface area contributed by atoms with Gasteiger partial charge in [0.25, 0.3) is 0 Å². The summed E-state index contributed by atoms with van der Waals surface area (Å²) in [5, 5.41) is 7.46. The van der Waals surface area contributed by atoms with Gasteiger partial charge in [-0.3, -0.25) is 5.41 Å². The van der Waals surface area contributed by atoms with Crippen molar-refractivity contribution in [2.24, 2.45) is 11.7 Å². The minimum atomic E-state index is 0.112. The molecule has 3 nitrogen and oxygen atoms in total. The third-order valence-electron chi connectivity index (χ3n) is 2.93. The summed E-state index contributed by atoms with van der Waals surface area (Å²) in [5.41, 5.74) is 7.30. The first-order chi connectivity index (χ1) is 7.77. The molecule has 0 aromatic heterocycles. The summed E-state index contributed by atoms with van der Waals surface area (Å²) in [7, 11) is 0. The molecule has 0 aliphatic heterocycles. The molecule has 1 saturated carbocycles. The SMILES string of the molecule is N=C(N)c1ccccc1COCCC1CC1. The molecule has 1 fully saturated rings. The second-order valence-corrected chi connectivity index (χ2v) is 4.36. The summed E-state index contributed by atoms with van der Waals surface area (Å²) in [6.07, 6.45) is 3.91. The molecule has 1 aliphatic carbocycles. The Bertz CT molecular complexity index is 372. The third kappa shape index (κ3) is 3.07. The van der Waals surface area contributed by atoms with Crippen LogP contribution in [-0.4, -0.2) is 12.4 Å². The summed E-state index contributed by atoms with van der Waals surface area (Å²) in [5.74, 6) is 1.02. The molecule has 3 heteroatoms. The summed E-state index contributed by atoms with van der Waals surface area (Å²) in [6.45, 7) is 1.37. The molecular formula is C13H18N2O. The van der Waals surface area contributed by atoms with Crippen LogP contribution in [0.25, 0.3) is 0 Å². The van der Waals surface area contributed by atoms with Crippen LogP contribution in [-0.2, 0) is 11.3 Å². The van der Waals surface area contributed by atoms with Crippen LogP contribution in [0.4, 0.5) is 0 Å². The number of ether oxygens (including phenoxy) is 1. The number of amidine groups is 1. The van der Waals surface area contributed by atoms with Gasteiger partial charge in [-0.15, -0.1) is 0 Å². The van der Waals surface area contributed by atoms with Gasteiger partial charge in [0.2, 0.25) is 0 Å². The Morgan fingerprint density at radius 1 is 1.38 bits per heavy atom. The van der Waals surface area contributed by atoms with E-state index >= 15 is 0 Å². The minimum Gasteiger partial charge on any atom is -0.384 e. The Hall–Kier alpha value is -1.35. The highest BCUT2D eigenvalue weighted by molar-refractivity contribution is 5.96. The lowest BCUT2D eigenvalue weighted by Crippen LogP contribution is -2.14. The summed E-state index contributed by atoms with van der Waals surface area (Å²) in [4.78, 5) is 0. The second kappa shape index (κ2) is 5.12. The molecule has 16 heavy (non-hydrogen) atoms. The Kier molecular flexibility index (Phi) is 3.57. The summed E-state index contributed by atoms with van der Waals surface area (Å²) < 4.78 is 5.61. The first-order valence-electron chi connectivity index (χ1n) is 5.77. The lowest BCUT2D eigenvalue weighted by molar-refractivity contribution is 0.115. The molecule has 3 N–H and O–H groups in total. The van der Waals surface area contributed by atoms with E-state index in [0.717, 1.165) is 23.7 Å². The van der Waals surface area contributed by atoms with Gasteiger partial charge < -0.3 is 10.5 Å². The van der Waals surface area contributed by atoms with Crippen molar-refractivity contribution in [3.05, 3.63) is 35.4 Å². The molecular weight excluding hydrogens is 200 g/mol. The van der Waals surface area contributed by atoms with Crippen molar-refractivity contribution < 1.29 is 4.74 Å². The van der Waals surface area contributed by atoms with E-state index in [2.05, 4.69) is 0 Å². The predicted octanol–water partition coefficient (Wildman–Crippen LogP) is 2.29. The van der Waals surface area contributed by atoms with Crippen molar-refractivity contribution in [3.8, 4) is 0 Å². The minimum absolute atomic E-state index is 0.112. The molecule has 0 amide bonds. The van der Waals surface area contributed by atoms with E-state index < -0.39 is 0 Å². The van der Waals surface area contributed by atoms with Crippen molar-refractivity contribution in [1.82, 2.24) is 0 Å². The molecule has 0 atom stereocenters. The number of nitrogens with two attached hydrogens (primary N) is 1. The Morgan fingerprint density at radius 3 is 2.81 bits per heavy atom. The molecule has 0 heterocycles. The number of nitrogen functional groups attached to an aromatic ring is 1. The largest absolute Gasteiger partial charge is 0.384 e. The van der Waals surface area contributed by atoms with Gasteiger partial charge in [-0.05, 0) is 17.9 Å². The number of benzene rings is 1. The second-order valence-electron chi connectivity index (χ2n) is 4.36. The molecule has 0 saturated heterocycles. The predicted molar refractivity (Wildman–Crippen MR) is 64.5 cm³/mol. The normalized spacial score (nSPS) is 15.0. The van der Waals surface area contributed by atoms with Gasteiger partial charge in [-0.2, -0.15) is 0 Å². The summed E-state index contributed by atoms with van der Waals surface area (Å²) in [6, 6.07) is 7.67. The van der Waals surface area contributed by atoms with Crippen LogP contribution in [0.15, 0.2) is 24.3 Å². The van der Waals surface area contributed by atoms with Gasteiger partial charge in [-0.1, -0.05) is 37.1 Å². The fraction of sp³-hybridized carbons (Fsp3) is 0.462. The van der Waals surface area contributed by atoms with E-state index in [0.29, 0.717) is 6.61 Å². The van der Waals surface area contributed by atoms with Crippen molar-refractivity contribution in [1.29, 1.82) is 5.41 Å². The smallest absolute Gasteiger partial charge is 0.123 e. The van der Waals surface area contributed by atoms with E-state index in [1.54, 1.807) is 0 Å². The molecule has 1 aliphatic rings. The van der Waals surface area contributed by atoms with Crippen molar-refractivity contribution in [2.45, 2.75) is 25.9 Å². The number of nitrogens with one attached hydrogen (secondary N) is 1. The summed E-state index contributed by atoms with van der Waals surface area (Å²) >= 11 is 0. The maximum atomic E-state index is 7.46. The van der Waals surface area contributed by atoms with Gasteiger partial charge in [0.05, 0.1) is 6.61 Å². The maximum Gasteiger partial charge on any atom is 0.123 e. The van der Waals surface area contributed by atoms with E-state index in [1.807, 2.05) is 24.3 Å². The maximum absolute atomic E-state index is 7.46. The number of rotatable bonds is 6. The van der Waals surface area contributed by atoms with Gasteiger partial charge in [0.1, 0.15) is 5.84 Å².